The molecule has 0 saturated carbocycles. The van der Waals surface area contributed by atoms with Crippen molar-refractivity contribution in [3.05, 3.63) is 84.4 Å². The van der Waals surface area contributed by atoms with E-state index in [1.807, 2.05) is 66.7 Å². The summed E-state index contributed by atoms with van der Waals surface area (Å²) in [6.07, 6.45) is 0. The maximum atomic E-state index is 12.2. The number of rotatable bonds is 3. The maximum absolute atomic E-state index is 12.2. The standard InChI is InChI=1S/C20H15N3O.ClH/c24-20(15-9-5-2-6-10-15)21-16-11-12-17-18(13-16)23-19(22-17)14-7-3-1-4-8-14;/h1-13H,(H,21,24)(H,22,23);1H. The Morgan fingerprint density at radius 1 is 0.880 bits per heavy atom. The lowest BCUT2D eigenvalue weighted by molar-refractivity contribution is 0.102. The molecule has 124 valence electrons. The van der Waals surface area contributed by atoms with Crippen molar-refractivity contribution in [2.24, 2.45) is 0 Å². The van der Waals surface area contributed by atoms with Crippen molar-refractivity contribution in [1.82, 2.24) is 9.97 Å². The number of hydrogen-bond donors (Lipinski definition) is 2. The van der Waals surface area contributed by atoms with E-state index >= 15 is 0 Å². The second kappa shape index (κ2) is 7.20. The minimum Gasteiger partial charge on any atom is -0.338 e. The number of fused-ring (bicyclic) bond motifs is 1. The van der Waals surface area contributed by atoms with E-state index in [0.29, 0.717) is 5.56 Å². The number of carbonyl (C=O) groups is 1. The Hall–Kier alpha value is -3.11. The molecule has 4 aromatic rings. The normalized spacial score (nSPS) is 10.2. The lowest BCUT2D eigenvalue weighted by Gasteiger charge is -2.04. The Balaban J connectivity index is 0.00000182. The Bertz CT molecular complexity index is 997. The number of anilines is 1. The smallest absolute Gasteiger partial charge is 0.255 e. The molecule has 0 saturated heterocycles. The molecule has 4 nitrogen and oxygen atoms in total. The number of H-pyrrole nitrogens is 1. The van der Waals surface area contributed by atoms with Crippen molar-refractivity contribution in [2.45, 2.75) is 0 Å². The molecule has 0 bridgehead atoms. The van der Waals surface area contributed by atoms with Gasteiger partial charge >= 0.3 is 0 Å². The molecule has 0 unspecified atom stereocenters. The van der Waals surface area contributed by atoms with Gasteiger partial charge < -0.3 is 10.3 Å². The summed E-state index contributed by atoms with van der Waals surface area (Å²) in [6.45, 7) is 0. The van der Waals surface area contributed by atoms with Gasteiger partial charge in [0.1, 0.15) is 5.82 Å². The van der Waals surface area contributed by atoms with Gasteiger partial charge in [-0.1, -0.05) is 48.5 Å². The van der Waals surface area contributed by atoms with Gasteiger partial charge in [-0.25, -0.2) is 4.98 Å². The highest BCUT2D eigenvalue weighted by Crippen LogP contribution is 2.23. The number of carbonyl (C=O) groups excluding carboxylic acids is 1. The molecule has 0 atom stereocenters. The molecule has 1 amide bonds. The van der Waals surface area contributed by atoms with Gasteiger partial charge in [0.15, 0.2) is 0 Å². The average Bonchev–Trinajstić information content (AvgIpc) is 3.06. The zero-order chi connectivity index (χ0) is 16.4. The zero-order valence-electron chi connectivity index (χ0n) is 13.3. The average molecular weight is 350 g/mol. The van der Waals surface area contributed by atoms with E-state index in [0.717, 1.165) is 28.1 Å². The molecule has 0 aliphatic heterocycles. The quantitative estimate of drug-likeness (QED) is 0.552. The molecule has 0 spiro atoms. The molecule has 3 aromatic carbocycles. The van der Waals surface area contributed by atoms with Crippen LogP contribution in [0.1, 0.15) is 10.4 Å². The monoisotopic (exact) mass is 349 g/mol. The molecule has 2 N–H and O–H groups in total. The number of hydrogen-bond acceptors (Lipinski definition) is 2. The van der Waals surface area contributed by atoms with Crippen LogP contribution in [0.15, 0.2) is 78.9 Å². The van der Waals surface area contributed by atoms with Gasteiger partial charge in [0.25, 0.3) is 5.91 Å². The molecule has 0 fully saturated rings. The number of aromatic nitrogens is 2. The van der Waals surface area contributed by atoms with Crippen molar-refractivity contribution < 1.29 is 4.79 Å². The van der Waals surface area contributed by atoms with Gasteiger partial charge in [-0.3, -0.25) is 4.79 Å². The summed E-state index contributed by atoms with van der Waals surface area (Å²) < 4.78 is 0. The van der Waals surface area contributed by atoms with E-state index in [1.165, 1.54) is 0 Å². The van der Waals surface area contributed by atoms with Crippen LogP contribution in [0.4, 0.5) is 5.69 Å². The first kappa shape index (κ1) is 16.7. The fourth-order valence-corrected chi connectivity index (χ4v) is 2.61. The van der Waals surface area contributed by atoms with Crippen molar-refractivity contribution in [2.75, 3.05) is 5.32 Å². The number of imidazole rings is 1. The Labute approximate surface area is 151 Å². The van der Waals surface area contributed by atoms with Gasteiger partial charge in [-0.05, 0) is 30.3 Å². The summed E-state index contributed by atoms with van der Waals surface area (Å²) in [7, 11) is 0. The third kappa shape index (κ3) is 3.54. The molecule has 0 aliphatic rings. The molecule has 4 rings (SSSR count). The topological polar surface area (TPSA) is 57.8 Å². The first-order chi connectivity index (χ1) is 11.8. The van der Waals surface area contributed by atoms with Crippen LogP contribution in [0, 0.1) is 0 Å². The molecule has 0 aliphatic carbocycles. The molecule has 0 radical (unpaired) electrons. The SMILES string of the molecule is Cl.O=C(Nc1ccc2[nH]c(-c3ccccc3)nc2c1)c1ccccc1. The van der Waals surface area contributed by atoms with Crippen LogP contribution < -0.4 is 5.32 Å². The predicted octanol–water partition coefficient (Wildman–Crippen LogP) is 4.90. The fraction of sp³-hybridized carbons (Fsp3) is 0. The minimum absolute atomic E-state index is 0. The van der Waals surface area contributed by atoms with E-state index < -0.39 is 0 Å². The predicted molar refractivity (Wildman–Crippen MR) is 103 cm³/mol. The Morgan fingerprint density at radius 3 is 2.28 bits per heavy atom. The number of aromatic amines is 1. The number of nitrogens with one attached hydrogen (secondary N) is 2. The second-order valence-corrected chi connectivity index (χ2v) is 5.50. The summed E-state index contributed by atoms with van der Waals surface area (Å²) in [5.41, 5.74) is 4.14. The molecule has 1 aromatic heterocycles. The zero-order valence-corrected chi connectivity index (χ0v) is 14.1. The highest BCUT2D eigenvalue weighted by atomic mass is 35.5. The van der Waals surface area contributed by atoms with Crippen LogP contribution in [0.25, 0.3) is 22.4 Å². The molecular weight excluding hydrogens is 334 g/mol. The highest BCUT2D eigenvalue weighted by molar-refractivity contribution is 6.05. The van der Waals surface area contributed by atoms with Crippen LogP contribution in [0.5, 0.6) is 0 Å². The van der Waals surface area contributed by atoms with E-state index in [-0.39, 0.29) is 18.3 Å². The number of benzene rings is 3. The molecular formula is C20H16ClN3O. The maximum Gasteiger partial charge on any atom is 0.255 e. The first-order valence-corrected chi connectivity index (χ1v) is 7.71. The highest BCUT2D eigenvalue weighted by Gasteiger charge is 2.08. The third-order valence-electron chi connectivity index (χ3n) is 3.82. The lowest BCUT2D eigenvalue weighted by Crippen LogP contribution is -2.11. The van der Waals surface area contributed by atoms with Crippen LogP contribution in [-0.4, -0.2) is 15.9 Å². The van der Waals surface area contributed by atoms with E-state index in [1.54, 1.807) is 12.1 Å². The largest absolute Gasteiger partial charge is 0.338 e. The lowest BCUT2D eigenvalue weighted by atomic mass is 10.2. The number of amides is 1. The van der Waals surface area contributed by atoms with Gasteiger partial charge in [-0.2, -0.15) is 0 Å². The van der Waals surface area contributed by atoms with E-state index in [9.17, 15) is 4.79 Å². The Kier molecular flexibility index (Phi) is 4.82. The van der Waals surface area contributed by atoms with Gasteiger partial charge in [-0.15, -0.1) is 12.4 Å². The molecule has 25 heavy (non-hydrogen) atoms. The van der Waals surface area contributed by atoms with Crippen LogP contribution in [0.3, 0.4) is 0 Å². The van der Waals surface area contributed by atoms with Crippen molar-refractivity contribution in [3.63, 3.8) is 0 Å². The van der Waals surface area contributed by atoms with Gasteiger partial charge in [0.2, 0.25) is 0 Å². The summed E-state index contributed by atoms with van der Waals surface area (Å²) in [6, 6.07) is 24.8. The van der Waals surface area contributed by atoms with Crippen molar-refractivity contribution in [1.29, 1.82) is 0 Å². The van der Waals surface area contributed by atoms with E-state index in [2.05, 4.69) is 15.3 Å². The summed E-state index contributed by atoms with van der Waals surface area (Å²) in [4.78, 5) is 20.2. The van der Waals surface area contributed by atoms with Gasteiger partial charge in [0.05, 0.1) is 11.0 Å². The van der Waals surface area contributed by atoms with E-state index in [4.69, 9.17) is 0 Å². The minimum atomic E-state index is -0.131. The first-order valence-electron chi connectivity index (χ1n) is 7.71. The van der Waals surface area contributed by atoms with Crippen LogP contribution in [0.2, 0.25) is 0 Å². The fourth-order valence-electron chi connectivity index (χ4n) is 2.61. The summed E-state index contributed by atoms with van der Waals surface area (Å²) in [5, 5.41) is 2.91. The van der Waals surface area contributed by atoms with Crippen molar-refractivity contribution >= 4 is 35.0 Å². The molecule has 5 heteroatoms. The van der Waals surface area contributed by atoms with Crippen LogP contribution >= 0.6 is 12.4 Å². The Morgan fingerprint density at radius 2 is 1.56 bits per heavy atom. The summed E-state index contributed by atoms with van der Waals surface area (Å²) in [5.74, 6) is 0.686. The van der Waals surface area contributed by atoms with Gasteiger partial charge in [0, 0.05) is 16.8 Å². The summed E-state index contributed by atoms with van der Waals surface area (Å²) >= 11 is 0. The number of nitrogens with zero attached hydrogens (tertiary/aromatic N) is 1. The number of halogens is 1. The van der Waals surface area contributed by atoms with Crippen LogP contribution in [-0.2, 0) is 0 Å². The second-order valence-electron chi connectivity index (χ2n) is 5.50. The molecule has 1 heterocycles. The van der Waals surface area contributed by atoms with Crippen molar-refractivity contribution in [3.8, 4) is 11.4 Å². The third-order valence-corrected chi connectivity index (χ3v) is 3.82.